The zero-order valence-corrected chi connectivity index (χ0v) is 25.8. The van der Waals surface area contributed by atoms with Gasteiger partial charge in [0.15, 0.2) is 10.7 Å². The molecule has 0 radical (unpaired) electrons. The molecule has 2 N–H and O–H groups in total. The van der Waals surface area contributed by atoms with Crippen LogP contribution in [0.15, 0.2) is 62.8 Å². The summed E-state index contributed by atoms with van der Waals surface area (Å²) < 4.78 is 67.9. The minimum absolute atomic E-state index is 0.0200. The Hall–Kier alpha value is -3.46. The highest BCUT2D eigenvalue weighted by Crippen LogP contribution is 2.31. The van der Waals surface area contributed by atoms with E-state index in [1.165, 1.54) is 49.5 Å². The number of ether oxygens (including phenoxy) is 1. The van der Waals surface area contributed by atoms with Crippen molar-refractivity contribution in [1.29, 1.82) is 0 Å². The molecule has 2 heterocycles. The van der Waals surface area contributed by atoms with Gasteiger partial charge in [0.2, 0.25) is 15.9 Å². The number of carbonyl (C=O) groups is 1. The molecule has 3 aromatic rings. The highest BCUT2D eigenvalue weighted by molar-refractivity contribution is 7.92. The highest BCUT2D eigenvalue weighted by Gasteiger charge is 2.34. The maximum atomic E-state index is 13.5. The third-order valence-corrected chi connectivity index (χ3v) is 10.8. The standard InChI is InChI=1S/C28H36N4O8S2/c1-18-15-32(19(2)17-33)27(34)14-22-13-23(30-41(35,36)28-20(3)29-40-21(28)4)11-12-25(22)39-26(18)16-31(5)42(37,38)24-9-7-6-8-10-24/h6-13,18-19,26,30,33H,14-17H2,1-5H3/t18-,19+,26+/m1/s1. The molecule has 4 rings (SSSR count). The summed E-state index contributed by atoms with van der Waals surface area (Å²) in [7, 11) is -6.41. The molecule has 228 valence electrons. The topological polar surface area (TPSA) is 159 Å². The molecule has 0 spiro atoms. The highest BCUT2D eigenvalue weighted by atomic mass is 32.2. The summed E-state index contributed by atoms with van der Waals surface area (Å²) >= 11 is 0. The Morgan fingerprint density at radius 3 is 2.45 bits per heavy atom. The summed E-state index contributed by atoms with van der Waals surface area (Å²) in [5.41, 5.74) is 0.808. The third-order valence-electron chi connectivity index (χ3n) is 7.29. The zero-order valence-electron chi connectivity index (χ0n) is 24.1. The lowest BCUT2D eigenvalue weighted by Crippen LogP contribution is -2.48. The van der Waals surface area contributed by atoms with Crippen LogP contribution in [0.5, 0.6) is 5.75 Å². The Bertz CT molecular complexity index is 1620. The van der Waals surface area contributed by atoms with Gasteiger partial charge in [-0.25, -0.2) is 16.8 Å². The quantitative estimate of drug-likeness (QED) is 0.367. The smallest absolute Gasteiger partial charge is 0.267 e. The summed E-state index contributed by atoms with van der Waals surface area (Å²) in [6.07, 6.45) is -0.811. The predicted octanol–water partition coefficient (Wildman–Crippen LogP) is 2.56. The van der Waals surface area contributed by atoms with Crippen LogP contribution in [0.25, 0.3) is 0 Å². The van der Waals surface area contributed by atoms with Gasteiger partial charge in [0.1, 0.15) is 17.5 Å². The Kier molecular flexibility index (Phi) is 9.30. The number of nitrogens with zero attached hydrogens (tertiary/aromatic N) is 3. The van der Waals surface area contributed by atoms with Crippen LogP contribution in [0, 0.1) is 19.8 Å². The first-order chi connectivity index (χ1) is 19.7. The SMILES string of the molecule is Cc1noc(C)c1S(=O)(=O)Nc1ccc2c(c1)CC(=O)N([C@@H](C)CO)C[C@@H](C)[C@H](CN(C)S(=O)(=O)c1ccccc1)O2. The maximum Gasteiger partial charge on any atom is 0.267 e. The van der Waals surface area contributed by atoms with Gasteiger partial charge in [-0.2, -0.15) is 4.31 Å². The van der Waals surface area contributed by atoms with Crippen molar-refractivity contribution >= 4 is 31.6 Å². The van der Waals surface area contributed by atoms with Gasteiger partial charge >= 0.3 is 0 Å². The molecule has 12 nitrogen and oxygen atoms in total. The lowest BCUT2D eigenvalue weighted by Gasteiger charge is -2.33. The molecule has 0 fully saturated rings. The first kappa shape index (κ1) is 31.5. The number of aliphatic hydroxyl groups excluding tert-OH is 1. The van der Waals surface area contributed by atoms with E-state index in [0.717, 1.165) is 0 Å². The van der Waals surface area contributed by atoms with Gasteiger partial charge in [-0.3, -0.25) is 9.52 Å². The van der Waals surface area contributed by atoms with Crippen LogP contribution < -0.4 is 9.46 Å². The van der Waals surface area contributed by atoms with Crippen LogP contribution in [0.4, 0.5) is 5.69 Å². The Labute approximate surface area is 246 Å². The second-order valence-electron chi connectivity index (χ2n) is 10.6. The number of likely N-dealkylation sites (N-methyl/N-ethyl adjacent to an activating group) is 1. The number of hydrogen-bond acceptors (Lipinski definition) is 9. The van der Waals surface area contributed by atoms with Gasteiger partial charge in [0.25, 0.3) is 10.0 Å². The average molecular weight is 621 g/mol. The number of aryl methyl sites for hydroxylation is 2. The van der Waals surface area contributed by atoms with E-state index < -0.39 is 32.2 Å². The van der Waals surface area contributed by atoms with Crippen LogP contribution in [-0.2, 0) is 31.3 Å². The van der Waals surface area contributed by atoms with Crippen molar-refractivity contribution < 1.29 is 36.0 Å². The van der Waals surface area contributed by atoms with Crippen molar-refractivity contribution in [3.63, 3.8) is 0 Å². The van der Waals surface area contributed by atoms with E-state index in [1.54, 1.807) is 36.1 Å². The largest absolute Gasteiger partial charge is 0.488 e. The predicted molar refractivity (Wildman–Crippen MR) is 155 cm³/mol. The molecule has 0 unspecified atom stereocenters. The van der Waals surface area contributed by atoms with Crippen LogP contribution in [0.3, 0.4) is 0 Å². The number of benzene rings is 2. The Morgan fingerprint density at radius 1 is 1.14 bits per heavy atom. The third kappa shape index (κ3) is 6.61. The number of amides is 1. The number of carbonyl (C=O) groups excluding carboxylic acids is 1. The summed E-state index contributed by atoms with van der Waals surface area (Å²) in [4.78, 5) is 15.1. The van der Waals surface area contributed by atoms with Crippen molar-refractivity contribution in [2.24, 2.45) is 5.92 Å². The first-order valence-corrected chi connectivity index (χ1v) is 16.3. The van der Waals surface area contributed by atoms with Crippen molar-refractivity contribution in [1.82, 2.24) is 14.4 Å². The number of aromatic nitrogens is 1. The summed E-state index contributed by atoms with van der Waals surface area (Å²) in [6, 6.07) is 12.1. The molecule has 2 aromatic carbocycles. The second-order valence-corrected chi connectivity index (χ2v) is 14.2. The molecule has 0 aliphatic carbocycles. The van der Waals surface area contributed by atoms with Gasteiger partial charge in [-0.15, -0.1) is 0 Å². The van der Waals surface area contributed by atoms with Crippen LogP contribution >= 0.6 is 0 Å². The molecule has 3 atom stereocenters. The van der Waals surface area contributed by atoms with Crippen LogP contribution in [-0.4, -0.2) is 81.1 Å². The molecular weight excluding hydrogens is 584 g/mol. The molecule has 0 saturated heterocycles. The van der Waals surface area contributed by atoms with Crippen LogP contribution in [0.2, 0.25) is 0 Å². The van der Waals surface area contributed by atoms with Crippen molar-refractivity contribution in [3.05, 3.63) is 65.5 Å². The van der Waals surface area contributed by atoms with Crippen molar-refractivity contribution in [2.45, 2.75) is 56.1 Å². The number of fused-ring (bicyclic) bond motifs is 1. The number of rotatable bonds is 9. The van der Waals surface area contributed by atoms with Gasteiger partial charge < -0.3 is 19.3 Å². The molecule has 1 amide bonds. The van der Waals surface area contributed by atoms with E-state index in [9.17, 15) is 26.7 Å². The van der Waals surface area contributed by atoms with E-state index in [-0.39, 0.29) is 64.9 Å². The van der Waals surface area contributed by atoms with E-state index in [4.69, 9.17) is 9.26 Å². The second kappa shape index (κ2) is 12.4. The number of sulfonamides is 2. The fraction of sp³-hybridized carbons (Fsp3) is 0.429. The minimum atomic E-state index is -4.05. The Balaban J connectivity index is 1.70. The lowest BCUT2D eigenvalue weighted by atomic mass is 10.0. The monoisotopic (exact) mass is 620 g/mol. The molecule has 1 aliphatic heterocycles. The van der Waals surface area contributed by atoms with E-state index in [1.807, 2.05) is 6.92 Å². The minimum Gasteiger partial charge on any atom is -0.488 e. The molecule has 14 heteroatoms. The average Bonchev–Trinajstić information content (AvgIpc) is 3.31. The normalized spacial score (nSPS) is 18.9. The first-order valence-electron chi connectivity index (χ1n) is 13.4. The summed E-state index contributed by atoms with van der Waals surface area (Å²) in [5, 5.41) is 13.6. The number of anilines is 1. The lowest BCUT2D eigenvalue weighted by molar-refractivity contribution is -0.134. The maximum absolute atomic E-state index is 13.5. The van der Waals surface area contributed by atoms with E-state index >= 15 is 0 Å². The molecule has 1 aliphatic rings. The number of aliphatic hydroxyl groups is 1. The zero-order chi connectivity index (χ0) is 30.8. The molecule has 0 bridgehead atoms. The van der Waals surface area contributed by atoms with Gasteiger partial charge in [0, 0.05) is 30.8 Å². The fourth-order valence-electron chi connectivity index (χ4n) is 4.90. The summed E-state index contributed by atoms with van der Waals surface area (Å²) in [5.74, 6) is -0.157. The molecule has 42 heavy (non-hydrogen) atoms. The van der Waals surface area contributed by atoms with E-state index in [2.05, 4.69) is 9.88 Å². The van der Waals surface area contributed by atoms with E-state index in [0.29, 0.717) is 11.3 Å². The Morgan fingerprint density at radius 2 is 1.83 bits per heavy atom. The number of hydrogen-bond donors (Lipinski definition) is 2. The number of nitrogens with one attached hydrogen (secondary N) is 1. The van der Waals surface area contributed by atoms with Gasteiger partial charge in [-0.05, 0) is 51.1 Å². The van der Waals surface area contributed by atoms with Crippen LogP contribution in [0.1, 0.15) is 30.9 Å². The van der Waals surface area contributed by atoms with Gasteiger partial charge in [0.05, 0.1) is 30.5 Å². The summed E-state index contributed by atoms with van der Waals surface area (Å²) in [6.45, 7) is 6.52. The van der Waals surface area contributed by atoms with Crippen molar-refractivity contribution in [3.8, 4) is 5.75 Å². The van der Waals surface area contributed by atoms with Crippen molar-refractivity contribution in [2.75, 3.05) is 31.5 Å². The van der Waals surface area contributed by atoms with Gasteiger partial charge in [-0.1, -0.05) is 30.3 Å². The molecule has 0 saturated carbocycles. The fourth-order valence-corrected chi connectivity index (χ4v) is 7.48. The molecular formula is C28H36N4O8S2. The molecule has 1 aromatic heterocycles.